The number of fused-ring (bicyclic) bond motifs is 1. The summed E-state index contributed by atoms with van der Waals surface area (Å²) in [4.78, 5) is 4.75. The summed E-state index contributed by atoms with van der Waals surface area (Å²) in [6.07, 6.45) is 0.556. The first kappa shape index (κ1) is 8.74. The van der Waals surface area contributed by atoms with E-state index in [1.807, 2.05) is 24.3 Å². The second kappa shape index (κ2) is 3.49. The van der Waals surface area contributed by atoms with E-state index in [1.54, 1.807) is 6.21 Å². The van der Waals surface area contributed by atoms with Crippen LogP contribution in [0.25, 0.3) is 0 Å². The lowest BCUT2D eigenvalue weighted by Gasteiger charge is -2.10. The van der Waals surface area contributed by atoms with E-state index in [4.69, 9.17) is 0 Å². The van der Waals surface area contributed by atoms with Gasteiger partial charge < -0.3 is 10.2 Å². The predicted octanol–water partition coefficient (Wildman–Crippen LogP) is 0.848. The lowest BCUT2D eigenvalue weighted by molar-refractivity contribution is 0.0811. The second-order valence-corrected chi connectivity index (χ2v) is 3.90. The van der Waals surface area contributed by atoms with Crippen LogP contribution in [0.15, 0.2) is 34.2 Å². The summed E-state index contributed by atoms with van der Waals surface area (Å²) in [6.45, 7) is 0. The van der Waals surface area contributed by atoms with Crippen LogP contribution in [0, 0.1) is 0 Å². The van der Waals surface area contributed by atoms with Gasteiger partial charge in [0.1, 0.15) is 0 Å². The summed E-state index contributed by atoms with van der Waals surface area (Å²) >= 11 is 1.22. The molecule has 2 atom stereocenters. The molecule has 1 aliphatic rings. The van der Waals surface area contributed by atoms with Crippen LogP contribution in [0.5, 0.6) is 0 Å². The van der Waals surface area contributed by atoms with Crippen LogP contribution in [-0.2, 0) is 0 Å². The van der Waals surface area contributed by atoms with Crippen molar-refractivity contribution in [2.75, 3.05) is 0 Å². The van der Waals surface area contributed by atoms with Crippen LogP contribution in [0.2, 0.25) is 0 Å². The van der Waals surface area contributed by atoms with Crippen LogP contribution in [0.4, 0.5) is 0 Å². The molecule has 0 spiro atoms. The highest BCUT2D eigenvalue weighted by molar-refractivity contribution is 7.99. The Morgan fingerprint density at radius 3 is 2.85 bits per heavy atom. The van der Waals surface area contributed by atoms with E-state index in [0.29, 0.717) is 0 Å². The summed E-state index contributed by atoms with van der Waals surface area (Å²) in [6, 6.07) is 7.59. The molecule has 2 N–H and O–H groups in total. The first-order valence-electron chi connectivity index (χ1n) is 3.92. The van der Waals surface area contributed by atoms with Gasteiger partial charge in [-0.1, -0.05) is 30.0 Å². The van der Waals surface area contributed by atoms with Crippen molar-refractivity contribution < 1.29 is 10.2 Å². The maximum Gasteiger partial charge on any atom is 0.180 e. The van der Waals surface area contributed by atoms with Gasteiger partial charge in [-0.25, -0.2) is 0 Å². The Morgan fingerprint density at radius 2 is 2.00 bits per heavy atom. The van der Waals surface area contributed by atoms with Gasteiger partial charge in [-0.05, 0) is 6.07 Å². The Balaban J connectivity index is 2.40. The molecule has 1 aromatic rings. The van der Waals surface area contributed by atoms with Gasteiger partial charge >= 0.3 is 0 Å². The number of aliphatic hydroxyl groups excluding tert-OH is 2. The zero-order valence-corrected chi connectivity index (χ0v) is 7.61. The summed E-state index contributed by atoms with van der Waals surface area (Å²) in [5, 5.41) is 18.7. The molecule has 0 amide bonds. The summed E-state index contributed by atoms with van der Waals surface area (Å²) in [7, 11) is 0. The van der Waals surface area contributed by atoms with Crippen LogP contribution in [-0.4, -0.2) is 28.1 Å². The fraction of sp³-hybridized carbons (Fsp3) is 0.222. The molecule has 0 aromatic heterocycles. The molecule has 2 unspecified atom stereocenters. The molecule has 0 saturated heterocycles. The highest BCUT2D eigenvalue weighted by Crippen LogP contribution is 2.28. The van der Waals surface area contributed by atoms with Crippen molar-refractivity contribution in [1.82, 2.24) is 0 Å². The van der Waals surface area contributed by atoms with Crippen LogP contribution in [0.3, 0.4) is 0 Å². The molecule has 0 saturated carbocycles. The quantitative estimate of drug-likeness (QED) is 0.645. The Morgan fingerprint density at radius 1 is 1.23 bits per heavy atom. The van der Waals surface area contributed by atoms with Crippen molar-refractivity contribution in [3.63, 3.8) is 0 Å². The lowest BCUT2D eigenvalue weighted by atomic mass is 10.2. The summed E-state index contributed by atoms with van der Waals surface area (Å²) in [5.41, 5.74) is 0.0583. The minimum atomic E-state index is -1.03. The first-order valence-corrected chi connectivity index (χ1v) is 4.80. The predicted molar refractivity (Wildman–Crippen MR) is 51.9 cm³/mol. The molecule has 13 heavy (non-hydrogen) atoms. The molecular formula is C9H9NO2S. The summed E-state index contributed by atoms with van der Waals surface area (Å²) in [5.74, 6) is 0. The maximum atomic E-state index is 9.40. The topological polar surface area (TPSA) is 52.8 Å². The van der Waals surface area contributed by atoms with Crippen molar-refractivity contribution in [2.24, 2.45) is 4.99 Å². The number of nitrogens with zero attached hydrogens (tertiary/aromatic N) is 1. The third kappa shape index (κ3) is 1.75. The Labute approximate surface area is 80.1 Å². The number of hydrogen-bond acceptors (Lipinski definition) is 4. The number of hydrogen-bond donors (Lipinski definition) is 2. The fourth-order valence-electron chi connectivity index (χ4n) is 1.12. The molecule has 1 aliphatic heterocycles. The monoisotopic (exact) mass is 195 g/mol. The lowest BCUT2D eigenvalue weighted by Crippen LogP contribution is -2.18. The Bertz CT molecular complexity index is 340. The molecule has 0 aliphatic carbocycles. The number of aliphatic imine (C=N–C) groups is 1. The molecule has 3 nitrogen and oxygen atoms in total. The Hall–Kier alpha value is -0.840. The molecule has 4 heteroatoms. The third-order valence-corrected chi connectivity index (χ3v) is 2.90. The molecule has 0 bridgehead atoms. The normalized spacial score (nSPS) is 26.6. The van der Waals surface area contributed by atoms with E-state index in [9.17, 15) is 10.2 Å². The van der Waals surface area contributed by atoms with Crippen molar-refractivity contribution in [2.45, 2.75) is 16.6 Å². The van der Waals surface area contributed by atoms with Crippen LogP contribution in [0.1, 0.15) is 5.56 Å². The van der Waals surface area contributed by atoms with Crippen LogP contribution >= 0.6 is 11.8 Å². The van der Waals surface area contributed by atoms with E-state index >= 15 is 0 Å². The van der Waals surface area contributed by atoms with E-state index in [2.05, 4.69) is 4.99 Å². The van der Waals surface area contributed by atoms with E-state index in [0.717, 1.165) is 10.5 Å². The molecular weight excluding hydrogens is 186 g/mol. The number of aliphatic hydroxyl groups is 2. The molecule has 0 radical (unpaired) electrons. The highest BCUT2D eigenvalue weighted by atomic mass is 32.2. The SMILES string of the molecule is OC1N=Cc2ccccc2SC1O. The minimum Gasteiger partial charge on any atom is -0.377 e. The van der Waals surface area contributed by atoms with E-state index in [1.165, 1.54) is 11.8 Å². The largest absolute Gasteiger partial charge is 0.377 e. The van der Waals surface area contributed by atoms with Gasteiger partial charge in [-0.15, -0.1) is 0 Å². The summed E-state index contributed by atoms with van der Waals surface area (Å²) < 4.78 is 0. The average Bonchev–Trinajstić information content (AvgIpc) is 2.28. The van der Waals surface area contributed by atoms with Gasteiger partial charge in [0.25, 0.3) is 0 Å². The van der Waals surface area contributed by atoms with Gasteiger partial charge in [0, 0.05) is 16.7 Å². The minimum absolute atomic E-state index is 0.875. The van der Waals surface area contributed by atoms with Crippen molar-refractivity contribution in [3.8, 4) is 0 Å². The van der Waals surface area contributed by atoms with Crippen LogP contribution < -0.4 is 0 Å². The average molecular weight is 195 g/mol. The van der Waals surface area contributed by atoms with Crippen molar-refractivity contribution >= 4 is 18.0 Å². The first-order chi connectivity index (χ1) is 6.27. The molecule has 1 aromatic carbocycles. The van der Waals surface area contributed by atoms with Gasteiger partial charge in [0.15, 0.2) is 11.7 Å². The van der Waals surface area contributed by atoms with Gasteiger partial charge in [0.2, 0.25) is 0 Å². The molecule has 68 valence electrons. The maximum absolute atomic E-state index is 9.40. The van der Waals surface area contributed by atoms with Gasteiger partial charge in [0.05, 0.1) is 0 Å². The number of rotatable bonds is 0. The van der Waals surface area contributed by atoms with Crippen molar-refractivity contribution in [1.29, 1.82) is 0 Å². The third-order valence-electron chi connectivity index (χ3n) is 1.79. The van der Waals surface area contributed by atoms with E-state index in [-0.39, 0.29) is 0 Å². The zero-order valence-electron chi connectivity index (χ0n) is 6.79. The molecule has 0 fully saturated rings. The Kier molecular flexibility index (Phi) is 2.35. The standard InChI is InChI=1S/C9H9NO2S/c11-8-9(12)13-7-4-2-1-3-6(7)5-10-8/h1-5,8-9,11-12H. The smallest absolute Gasteiger partial charge is 0.180 e. The number of thioether (sulfide) groups is 1. The number of benzene rings is 1. The van der Waals surface area contributed by atoms with E-state index < -0.39 is 11.7 Å². The van der Waals surface area contributed by atoms with Gasteiger partial charge in [-0.2, -0.15) is 0 Å². The van der Waals surface area contributed by atoms with Crippen molar-refractivity contribution in [3.05, 3.63) is 29.8 Å². The van der Waals surface area contributed by atoms with Gasteiger partial charge in [-0.3, -0.25) is 4.99 Å². The zero-order chi connectivity index (χ0) is 9.26. The second-order valence-electron chi connectivity index (χ2n) is 2.74. The highest BCUT2D eigenvalue weighted by Gasteiger charge is 2.19. The molecule has 1 heterocycles. The fourth-order valence-corrected chi connectivity index (χ4v) is 1.98. The molecule has 2 rings (SSSR count).